The van der Waals surface area contributed by atoms with E-state index in [9.17, 15) is 14.7 Å². The van der Waals surface area contributed by atoms with E-state index in [1.165, 1.54) is 0 Å². The number of carboxylic acids is 1. The zero-order chi connectivity index (χ0) is 12.8. The van der Waals surface area contributed by atoms with Gasteiger partial charge in [0.2, 0.25) is 0 Å². The number of rotatable bonds is 6. The lowest BCUT2D eigenvalue weighted by Gasteiger charge is -2.18. The Morgan fingerprint density at radius 2 is 1.88 bits per heavy atom. The topological polar surface area (TPSA) is 98.7 Å². The first-order chi connectivity index (χ1) is 7.25. The van der Waals surface area contributed by atoms with Gasteiger partial charge in [-0.15, -0.1) is 0 Å². The molecule has 6 nitrogen and oxygen atoms in total. The average Bonchev–Trinajstić information content (AvgIpc) is 2.14. The van der Waals surface area contributed by atoms with E-state index >= 15 is 0 Å². The molecule has 0 aromatic carbocycles. The van der Waals surface area contributed by atoms with E-state index in [-0.39, 0.29) is 6.54 Å². The zero-order valence-electron chi connectivity index (χ0n) is 9.91. The van der Waals surface area contributed by atoms with E-state index in [4.69, 9.17) is 5.11 Å². The van der Waals surface area contributed by atoms with Crippen LogP contribution in [-0.2, 0) is 4.79 Å². The fourth-order valence-electron chi connectivity index (χ4n) is 0.865. The van der Waals surface area contributed by atoms with Gasteiger partial charge in [-0.05, 0) is 19.3 Å². The number of hydrogen-bond donors (Lipinski definition) is 4. The molecule has 1 atom stereocenters. The van der Waals surface area contributed by atoms with E-state index in [2.05, 4.69) is 10.6 Å². The summed E-state index contributed by atoms with van der Waals surface area (Å²) in [6.07, 6.45) is 0.850. The van der Waals surface area contributed by atoms with Crippen molar-refractivity contribution < 1.29 is 19.8 Å². The Morgan fingerprint density at radius 3 is 2.31 bits per heavy atom. The van der Waals surface area contributed by atoms with Gasteiger partial charge in [0.05, 0.1) is 6.54 Å². The summed E-state index contributed by atoms with van der Waals surface area (Å²) in [5, 5.41) is 22.8. The number of urea groups is 1. The Hall–Kier alpha value is -1.30. The van der Waals surface area contributed by atoms with Crippen molar-refractivity contribution in [2.45, 2.75) is 32.8 Å². The Labute approximate surface area is 95.0 Å². The van der Waals surface area contributed by atoms with Gasteiger partial charge in [-0.2, -0.15) is 0 Å². The van der Waals surface area contributed by atoms with Crippen LogP contribution in [0.3, 0.4) is 0 Å². The van der Waals surface area contributed by atoms with E-state index < -0.39 is 17.6 Å². The second-order valence-electron chi connectivity index (χ2n) is 4.37. The molecule has 0 aliphatic carbocycles. The molecule has 0 rings (SSSR count). The second-order valence-corrected chi connectivity index (χ2v) is 4.37. The van der Waals surface area contributed by atoms with Crippen molar-refractivity contribution in [3.8, 4) is 0 Å². The highest BCUT2D eigenvalue weighted by atomic mass is 16.4. The minimum atomic E-state index is -1.94. The van der Waals surface area contributed by atoms with Gasteiger partial charge >= 0.3 is 12.0 Å². The van der Waals surface area contributed by atoms with E-state index in [0.717, 1.165) is 13.3 Å². The van der Waals surface area contributed by atoms with Gasteiger partial charge in [0.25, 0.3) is 0 Å². The van der Waals surface area contributed by atoms with Crippen LogP contribution in [0.25, 0.3) is 0 Å². The highest BCUT2D eigenvalue weighted by molar-refractivity contribution is 5.79. The van der Waals surface area contributed by atoms with Crippen molar-refractivity contribution >= 4 is 12.0 Å². The number of aliphatic hydroxyl groups is 1. The number of carbonyl (C=O) groups excluding carboxylic acids is 1. The minimum absolute atomic E-state index is 0.324. The number of aliphatic carboxylic acids is 1. The summed E-state index contributed by atoms with van der Waals surface area (Å²) in [6, 6.07) is -0.470. The largest absolute Gasteiger partial charge is 0.479 e. The minimum Gasteiger partial charge on any atom is -0.479 e. The molecule has 2 amide bonds. The molecule has 0 heterocycles. The Bertz CT molecular complexity index is 251. The molecular weight excluding hydrogens is 212 g/mol. The SMILES string of the molecule is CC(C)CCNC(=O)NCC(C)(O)C(=O)O. The molecule has 0 saturated heterocycles. The third kappa shape index (κ3) is 6.23. The summed E-state index contributed by atoms with van der Waals surface area (Å²) in [7, 11) is 0. The fourth-order valence-corrected chi connectivity index (χ4v) is 0.865. The van der Waals surface area contributed by atoms with Gasteiger partial charge in [-0.3, -0.25) is 0 Å². The van der Waals surface area contributed by atoms with E-state index in [1.807, 2.05) is 13.8 Å². The summed E-state index contributed by atoms with van der Waals surface area (Å²) < 4.78 is 0. The van der Waals surface area contributed by atoms with E-state index in [0.29, 0.717) is 12.5 Å². The first-order valence-electron chi connectivity index (χ1n) is 5.23. The van der Waals surface area contributed by atoms with Crippen LogP contribution in [0.2, 0.25) is 0 Å². The quantitative estimate of drug-likeness (QED) is 0.524. The standard InChI is InChI=1S/C10H20N2O4/c1-7(2)4-5-11-9(15)12-6-10(3,16)8(13)14/h7,16H,4-6H2,1-3H3,(H,13,14)(H2,11,12,15). The molecule has 0 saturated carbocycles. The summed E-state index contributed by atoms with van der Waals surface area (Å²) in [4.78, 5) is 21.7. The van der Waals surface area contributed by atoms with E-state index in [1.54, 1.807) is 0 Å². The molecular formula is C10H20N2O4. The van der Waals surface area contributed by atoms with Crippen molar-refractivity contribution in [2.24, 2.45) is 5.92 Å². The van der Waals surface area contributed by atoms with Gasteiger partial charge < -0.3 is 20.8 Å². The second kappa shape index (κ2) is 6.32. The van der Waals surface area contributed by atoms with Crippen molar-refractivity contribution in [2.75, 3.05) is 13.1 Å². The van der Waals surface area contributed by atoms with Gasteiger partial charge in [-0.1, -0.05) is 13.8 Å². The lowest BCUT2D eigenvalue weighted by Crippen LogP contribution is -2.49. The number of amides is 2. The summed E-state index contributed by atoms with van der Waals surface area (Å²) in [5.41, 5.74) is -1.94. The maximum absolute atomic E-state index is 11.2. The smallest absolute Gasteiger partial charge is 0.337 e. The molecule has 0 bridgehead atoms. The lowest BCUT2D eigenvalue weighted by molar-refractivity contribution is -0.155. The zero-order valence-corrected chi connectivity index (χ0v) is 9.91. The van der Waals surface area contributed by atoms with Crippen LogP contribution in [0.5, 0.6) is 0 Å². The highest BCUT2D eigenvalue weighted by Gasteiger charge is 2.30. The molecule has 0 fully saturated rings. The van der Waals surface area contributed by atoms with Crippen LogP contribution >= 0.6 is 0 Å². The van der Waals surface area contributed by atoms with Gasteiger partial charge in [0, 0.05) is 6.54 Å². The Morgan fingerprint density at radius 1 is 1.31 bits per heavy atom. The maximum Gasteiger partial charge on any atom is 0.337 e. The first-order valence-corrected chi connectivity index (χ1v) is 5.23. The molecule has 94 valence electrons. The van der Waals surface area contributed by atoms with Crippen LogP contribution in [0.1, 0.15) is 27.2 Å². The highest BCUT2D eigenvalue weighted by Crippen LogP contribution is 2.00. The van der Waals surface area contributed by atoms with Gasteiger partial charge in [0.1, 0.15) is 0 Å². The molecule has 0 radical (unpaired) electrons. The van der Waals surface area contributed by atoms with Crippen molar-refractivity contribution in [1.29, 1.82) is 0 Å². The van der Waals surface area contributed by atoms with Crippen LogP contribution in [0.4, 0.5) is 4.79 Å². The molecule has 0 aliphatic heterocycles. The number of hydrogen-bond acceptors (Lipinski definition) is 3. The summed E-state index contributed by atoms with van der Waals surface area (Å²) in [5.74, 6) is -0.877. The number of carbonyl (C=O) groups is 2. The molecule has 16 heavy (non-hydrogen) atoms. The van der Waals surface area contributed by atoms with Crippen molar-refractivity contribution in [3.63, 3.8) is 0 Å². The van der Waals surface area contributed by atoms with Crippen LogP contribution in [-0.4, -0.2) is 40.9 Å². The molecule has 0 aromatic rings. The average molecular weight is 232 g/mol. The monoisotopic (exact) mass is 232 g/mol. The number of nitrogens with one attached hydrogen (secondary N) is 2. The Balaban J connectivity index is 3.77. The third-order valence-electron chi connectivity index (χ3n) is 2.06. The van der Waals surface area contributed by atoms with Crippen molar-refractivity contribution in [3.05, 3.63) is 0 Å². The molecule has 4 N–H and O–H groups in total. The predicted molar refractivity (Wildman–Crippen MR) is 59.1 cm³/mol. The molecule has 0 spiro atoms. The summed E-state index contributed by atoms with van der Waals surface area (Å²) in [6.45, 7) is 5.40. The number of carboxylic acid groups (broad SMARTS) is 1. The third-order valence-corrected chi connectivity index (χ3v) is 2.06. The van der Waals surface area contributed by atoms with Crippen LogP contribution in [0, 0.1) is 5.92 Å². The summed E-state index contributed by atoms with van der Waals surface area (Å²) >= 11 is 0. The molecule has 6 heteroatoms. The predicted octanol–water partition coefficient (Wildman–Crippen LogP) is 0.167. The normalized spacial score (nSPS) is 14.3. The maximum atomic E-state index is 11.2. The Kier molecular flexibility index (Phi) is 5.81. The van der Waals surface area contributed by atoms with Crippen LogP contribution < -0.4 is 10.6 Å². The van der Waals surface area contributed by atoms with Crippen LogP contribution in [0.15, 0.2) is 0 Å². The fraction of sp³-hybridized carbons (Fsp3) is 0.800. The molecule has 0 aromatic heterocycles. The molecule has 0 aliphatic rings. The van der Waals surface area contributed by atoms with Crippen molar-refractivity contribution in [1.82, 2.24) is 10.6 Å². The molecule has 1 unspecified atom stereocenters. The van der Waals surface area contributed by atoms with Gasteiger partial charge in [-0.25, -0.2) is 9.59 Å². The first kappa shape index (κ1) is 14.7. The van der Waals surface area contributed by atoms with Gasteiger partial charge in [0.15, 0.2) is 5.60 Å². The lowest BCUT2D eigenvalue weighted by atomic mass is 10.1.